The Morgan fingerprint density at radius 3 is 2.68 bits per heavy atom. The molecule has 0 radical (unpaired) electrons. The second-order valence-electron chi connectivity index (χ2n) is 10.6. The van der Waals surface area contributed by atoms with Crippen molar-refractivity contribution in [2.75, 3.05) is 18.0 Å². The molecule has 1 N–H and O–H groups in total. The van der Waals surface area contributed by atoms with Gasteiger partial charge in [-0.3, -0.25) is 13.9 Å². The number of anilines is 1. The van der Waals surface area contributed by atoms with E-state index in [9.17, 15) is 14.4 Å². The summed E-state index contributed by atoms with van der Waals surface area (Å²) < 4.78 is 14.7. The Morgan fingerprint density at radius 1 is 1.27 bits per heavy atom. The summed E-state index contributed by atoms with van der Waals surface area (Å²) in [4.78, 5) is 46.0. The molecule has 1 unspecified atom stereocenters. The van der Waals surface area contributed by atoms with Crippen molar-refractivity contribution in [2.45, 2.75) is 72.2 Å². The molecule has 3 aromatic heterocycles. The molecule has 0 aliphatic carbocycles. The maximum atomic E-state index is 13.6. The molecular weight excluding hydrogens is 478 g/mol. The number of amides is 1. The number of alkyl carbamates (subject to hydrolysis) is 1. The largest absolute Gasteiger partial charge is 0.444 e. The van der Waals surface area contributed by atoms with Crippen molar-refractivity contribution in [3.63, 3.8) is 0 Å². The second kappa shape index (κ2) is 10.3. The van der Waals surface area contributed by atoms with Crippen molar-refractivity contribution in [1.29, 1.82) is 0 Å². The Morgan fingerprint density at radius 2 is 2.03 bits per heavy atom. The van der Waals surface area contributed by atoms with E-state index in [0.717, 1.165) is 23.0 Å². The number of carbonyl (C=O) groups excluding carboxylic acids is 1. The van der Waals surface area contributed by atoms with E-state index < -0.39 is 22.9 Å². The van der Waals surface area contributed by atoms with Crippen LogP contribution in [0.1, 0.15) is 53.2 Å². The highest BCUT2D eigenvalue weighted by molar-refractivity contribution is 5.75. The molecule has 0 bridgehead atoms. The highest BCUT2D eigenvalue weighted by atomic mass is 16.6. The number of imidazole rings is 1. The summed E-state index contributed by atoms with van der Waals surface area (Å²) >= 11 is 0. The number of nitrogens with one attached hydrogen (secondary N) is 1. The molecule has 0 saturated carbocycles. The van der Waals surface area contributed by atoms with Crippen molar-refractivity contribution < 1.29 is 14.1 Å². The first-order valence-corrected chi connectivity index (χ1v) is 12.4. The fourth-order valence-corrected chi connectivity index (χ4v) is 4.42. The summed E-state index contributed by atoms with van der Waals surface area (Å²) in [5.74, 6) is 0.578. The van der Waals surface area contributed by atoms with E-state index in [1.165, 1.54) is 10.8 Å². The van der Waals surface area contributed by atoms with E-state index in [-0.39, 0.29) is 12.6 Å². The van der Waals surface area contributed by atoms with Crippen LogP contribution in [0.5, 0.6) is 0 Å². The van der Waals surface area contributed by atoms with Crippen LogP contribution in [0.2, 0.25) is 0 Å². The third kappa shape index (κ3) is 5.78. The zero-order chi connectivity index (χ0) is 26.9. The summed E-state index contributed by atoms with van der Waals surface area (Å²) in [5.41, 5.74) is 0.688. The zero-order valence-corrected chi connectivity index (χ0v) is 22.3. The fraction of sp³-hybridized carbons (Fsp3) is 0.560. The minimum Gasteiger partial charge on any atom is -0.444 e. The Balaban J connectivity index is 1.76. The molecule has 1 saturated heterocycles. The quantitative estimate of drug-likeness (QED) is 0.498. The van der Waals surface area contributed by atoms with E-state index in [2.05, 4.69) is 15.4 Å². The summed E-state index contributed by atoms with van der Waals surface area (Å²) in [6.07, 6.45) is 4.57. The maximum Gasteiger partial charge on any atom is 0.407 e. The monoisotopic (exact) mass is 513 g/mol. The van der Waals surface area contributed by atoms with Crippen molar-refractivity contribution in [3.05, 3.63) is 50.5 Å². The third-order valence-electron chi connectivity index (χ3n) is 6.13. The summed E-state index contributed by atoms with van der Waals surface area (Å²) in [5, 5.41) is 6.81. The highest BCUT2D eigenvalue weighted by Crippen LogP contribution is 2.24. The molecule has 3 aromatic rings. The van der Waals surface area contributed by atoms with Gasteiger partial charge in [-0.2, -0.15) is 4.98 Å². The smallest absolute Gasteiger partial charge is 0.407 e. The number of carbonyl (C=O) groups is 1. The lowest BCUT2D eigenvalue weighted by Crippen LogP contribution is -2.49. The van der Waals surface area contributed by atoms with Gasteiger partial charge < -0.3 is 24.0 Å². The van der Waals surface area contributed by atoms with Crippen LogP contribution in [0, 0.1) is 0 Å². The first-order valence-electron chi connectivity index (χ1n) is 12.4. The number of ether oxygens (including phenoxy) is 1. The fourth-order valence-electron chi connectivity index (χ4n) is 4.42. The predicted molar refractivity (Wildman–Crippen MR) is 139 cm³/mol. The van der Waals surface area contributed by atoms with Crippen LogP contribution >= 0.6 is 0 Å². The van der Waals surface area contributed by atoms with Gasteiger partial charge in [0.25, 0.3) is 5.56 Å². The van der Waals surface area contributed by atoms with Gasteiger partial charge in [-0.1, -0.05) is 16.8 Å². The number of fused-ring (bicyclic) bond motifs is 1. The lowest BCUT2D eigenvalue weighted by atomic mass is 10.1. The molecule has 12 heteroatoms. The van der Waals surface area contributed by atoms with Crippen molar-refractivity contribution in [2.24, 2.45) is 7.05 Å². The van der Waals surface area contributed by atoms with Gasteiger partial charge in [0.15, 0.2) is 11.2 Å². The van der Waals surface area contributed by atoms with Crippen LogP contribution in [0.25, 0.3) is 11.2 Å². The maximum absolute atomic E-state index is 13.6. The third-order valence-corrected chi connectivity index (χ3v) is 6.13. The van der Waals surface area contributed by atoms with Crippen molar-refractivity contribution in [1.82, 2.24) is 29.2 Å². The summed E-state index contributed by atoms with van der Waals surface area (Å²) in [6, 6.07) is 1.47. The Kier molecular flexibility index (Phi) is 7.28. The average Bonchev–Trinajstić information content (AvgIpc) is 3.46. The van der Waals surface area contributed by atoms with Gasteiger partial charge in [0.1, 0.15) is 17.6 Å². The SMILES string of the molecule is CC(C)=CCn1c(N2CCCC(NC(=O)OC(C)(C)C)C2)nc2c1c(=O)n(Cc1ccon1)c(=O)n2C. The number of allylic oxidation sites excluding steroid dienone is 2. The van der Waals surface area contributed by atoms with Crippen molar-refractivity contribution in [3.8, 4) is 0 Å². The van der Waals surface area contributed by atoms with Crippen LogP contribution in [0.15, 0.2) is 38.1 Å². The van der Waals surface area contributed by atoms with Gasteiger partial charge in [0, 0.05) is 38.8 Å². The first kappa shape index (κ1) is 26.2. The number of piperidine rings is 1. The summed E-state index contributed by atoms with van der Waals surface area (Å²) in [6.45, 7) is 11.0. The molecule has 37 heavy (non-hydrogen) atoms. The molecular formula is C25H35N7O5. The van der Waals surface area contributed by atoms with Crippen LogP contribution in [0.4, 0.5) is 10.7 Å². The van der Waals surface area contributed by atoms with Gasteiger partial charge in [0.05, 0.1) is 6.54 Å². The number of hydrogen-bond donors (Lipinski definition) is 1. The number of aryl methyl sites for hydroxylation is 1. The van der Waals surface area contributed by atoms with Crippen LogP contribution in [-0.4, -0.2) is 54.7 Å². The molecule has 4 rings (SSSR count). The van der Waals surface area contributed by atoms with E-state index in [4.69, 9.17) is 14.2 Å². The highest BCUT2D eigenvalue weighted by Gasteiger charge is 2.29. The van der Waals surface area contributed by atoms with E-state index in [0.29, 0.717) is 42.4 Å². The minimum absolute atomic E-state index is 0.00724. The number of hydrogen-bond acceptors (Lipinski definition) is 8. The van der Waals surface area contributed by atoms with Crippen LogP contribution in [0.3, 0.4) is 0 Å². The molecule has 12 nitrogen and oxygen atoms in total. The number of aromatic nitrogens is 5. The Bertz CT molecular complexity index is 1420. The molecule has 1 aliphatic rings. The molecule has 0 spiro atoms. The first-order chi connectivity index (χ1) is 17.4. The van der Waals surface area contributed by atoms with Gasteiger partial charge in [-0.25, -0.2) is 9.59 Å². The predicted octanol–water partition coefficient (Wildman–Crippen LogP) is 2.39. The molecule has 1 fully saturated rings. The normalized spacial score (nSPS) is 16.2. The summed E-state index contributed by atoms with van der Waals surface area (Å²) in [7, 11) is 1.61. The lowest BCUT2D eigenvalue weighted by molar-refractivity contribution is 0.0499. The van der Waals surface area contributed by atoms with Gasteiger partial charge in [-0.15, -0.1) is 0 Å². The molecule has 4 heterocycles. The van der Waals surface area contributed by atoms with Crippen LogP contribution in [-0.2, 0) is 24.9 Å². The zero-order valence-electron chi connectivity index (χ0n) is 22.3. The average molecular weight is 514 g/mol. The molecule has 200 valence electrons. The molecule has 1 aliphatic heterocycles. The number of rotatable bonds is 6. The van der Waals surface area contributed by atoms with E-state index in [1.807, 2.05) is 45.3 Å². The minimum atomic E-state index is -0.590. The number of nitrogens with zero attached hydrogens (tertiary/aromatic N) is 6. The van der Waals surface area contributed by atoms with Gasteiger partial charge >= 0.3 is 11.8 Å². The molecule has 1 atom stereocenters. The topological polar surface area (TPSA) is 129 Å². The van der Waals surface area contributed by atoms with E-state index >= 15 is 0 Å². The molecule has 0 aromatic carbocycles. The Labute approximate surface area is 214 Å². The standard InChI is InChI=1S/C25H35N7O5/c1-16(2)9-12-31-19-20(29(6)24(35)32(21(19)33)15-18-10-13-36-28-18)27-22(31)30-11-7-8-17(14-30)26-23(34)37-25(3,4)5/h9-10,13,17H,7-8,11-12,14-15H2,1-6H3,(H,26,34). The van der Waals surface area contributed by atoms with Crippen molar-refractivity contribution >= 4 is 23.2 Å². The van der Waals surface area contributed by atoms with Gasteiger partial charge in [0.2, 0.25) is 5.95 Å². The van der Waals surface area contributed by atoms with Gasteiger partial charge in [-0.05, 0) is 47.5 Å². The molecule has 1 amide bonds. The Hall–Kier alpha value is -3.83. The second-order valence-corrected chi connectivity index (χ2v) is 10.6. The van der Waals surface area contributed by atoms with Crippen LogP contribution < -0.4 is 21.5 Å². The lowest BCUT2D eigenvalue weighted by Gasteiger charge is -2.34. The van der Waals surface area contributed by atoms with E-state index in [1.54, 1.807) is 13.1 Å².